The van der Waals surface area contributed by atoms with Crippen LogP contribution in [-0.2, 0) is 0 Å². The second-order valence-corrected chi connectivity index (χ2v) is 6.27. The van der Waals surface area contributed by atoms with Crippen LogP contribution >= 0.6 is 0 Å². The van der Waals surface area contributed by atoms with Crippen LogP contribution in [0.25, 0.3) is 22.5 Å². The number of carbonyl (C=O) groups is 1. The van der Waals surface area contributed by atoms with E-state index >= 15 is 0 Å². The summed E-state index contributed by atoms with van der Waals surface area (Å²) in [5.74, 6) is 0.535. The van der Waals surface area contributed by atoms with Crippen molar-refractivity contribution >= 4 is 11.6 Å². The number of methoxy groups -OCH3 is 1. The quantitative estimate of drug-likeness (QED) is 0.520. The number of nitrogens with one attached hydrogen (secondary N) is 2. The molecule has 0 saturated carbocycles. The van der Waals surface area contributed by atoms with Crippen molar-refractivity contribution in [1.82, 2.24) is 10.2 Å². The van der Waals surface area contributed by atoms with Gasteiger partial charge in [0, 0.05) is 22.4 Å². The Labute approximate surface area is 163 Å². The minimum atomic E-state index is -0.161. The van der Waals surface area contributed by atoms with E-state index < -0.39 is 0 Å². The number of anilines is 1. The number of nitrogens with zero attached hydrogens (tertiary/aromatic N) is 1. The lowest BCUT2D eigenvalue weighted by Gasteiger charge is -2.11. The van der Waals surface area contributed by atoms with E-state index in [1.165, 1.54) is 0 Å². The Balaban J connectivity index is 1.64. The number of carbonyl (C=O) groups excluding carboxylic acids is 1. The SMILES string of the molecule is COc1ccc(NC(=O)c2ccccc2)cc1-c1cc(-c2ccccc2)n[nH]1. The highest BCUT2D eigenvalue weighted by Gasteiger charge is 2.13. The maximum Gasteiger partial charge on any atom is 0.255 e. The molecular weight excluding hydrogens is 350 g/mol. The van der Waals surface area contributed by atoms with Crippen molar-refractivity contribution in [2.24, 2.45) is 0 Å². The van der Waals surface area contributed by atoms with Crippen molar-refractivity contribution in [3.05, 3.63) is 90.5 Å². The summed E-state index contributed by atoms with van der Waals surface area (Å²) >= 11 is 0. The summed E-state index contributed by atoms with van der Waals surface area (Å²) in [4.78, 5) is 12.4. The van der Waals surface area contributed by atoms with Crippen LogP contribution in [0.15, 0.2) is 84.9 Å². The molecule has 1 heterocycles. The van der Waals surface area contributed by atoms with Crippen LogP contribution < -0.4 is 10.1 Å². The molecule has 0 saturated heterocycles. The molecule has 0 aliphatic carbocycles. The maximum atomic E-state index is 12.4. The minimum Gasteiger partial charge on any atom is -0.496 e. The van der Waals surface area contributed by atoms with Crippen molar-refractivity contribution in [2.75, 3.05) is 12.4 Å². The number of rotatable bonds is 5. The first-order valence-electron chi connectivity index (χ1n) is 8.90. The number of benzene rings is 3. The summed E-state index contributed by atoms with van der Waals surface area (Å²) in [5.41, 5.74) is 4.79. The van der Waals surface area contributed by atoms with Gasteiger partial charge in [0.05, 0.1) is 18.5 Å². The highest BCUT2D eigenvalue weighted by molar-refractivity contribution is 6.04. The van der Waals surface area contributed by atoms with E-state index in [9.17, 15) is 4.79 Å². The molecule has 5 heteroatoms. The van der Waals surface area contributed by atoms with Crippen molar-refractivity contribution in [1.29, 1.82) is 0 Å². The molecule has 28 heavy (non-hydrogen) atoms. The molecule has 0 aliphatic rings. The van der Waals surface area contributed by atoms with E-state index in [2.05, 4.69) is 15.5 Å². The predicted molar refractivity (Wildman–Crippen MR) is 110 cm³/mol. The Bertz CT molecular complexity index is 1090. The summed E-state index contributed by atoms with van der Waals surface area (Å²) in [6, 6.07) is 26.5. The third-order valence-electron chi connectivity index (χ3n) is 4.43. The Kier molecular flexibility index (Phi) is 4.89. The lowest BCUT2D eigenvalue weighted by molar-refractivity contribution is 0.102. The molecule has 2 N–H and O–H groups in total. The number of amides is 1. The topological polar surface area (TPSA) is 67.0 Å². The van der Waals surface area contributed by atoms with Gasteiger partial charge in [0.15, 0.2) is 0 Å². The van der Waals surface area contributed by atoms with Gasteiger partial charge in [-0.05, 0) is 36.4 Å². The summed E-state index contributed by atoms with van der Waals surface area (Å²) in [7, 11) is 1.62. The van der Waals surface area contributed by atoms with Crippen molar-refractivity contribution < 1.29 is 9.53 Å². The lowest BCUT2D eigenvalue weighted by atomic mass is 10.1. The van der Waals surface area contributed by atoms with E-state index in [1.807, 2.05) is 72.8 Å². The third-order valence-corrected chi connectivity index (χ3v) is 4.43. The van der Waals surface area contributed by atoms with E-state index in [-0.39, 0.29) is 5.91 Å². The van der Waals surface area contributed by atoms with E-state index in [1.54, 1.807) is 19.2 Å². The molecule has 0 unspecified atom stereocenters. The van der Waals surface area contributed by atoms with Crippen molar-refractivity contribution in [2.45, 2.75) is 0 Å². The van der Waals surface area contributed by atoms with Crippen LogP contribution in [0.4, 0.5) is 5.69 Å². The van der Waals surface area contributed by atoms with Gasteiger partial charge in [-0.25, -0.2) is 0 Å². The fraction of sp³-hybridized carbons (Fsp3) is 0.0435. The highest BCUT2D eigenvalue weighted by Crippen LogP contribution is 2.33. The standard InChI is InChI=1S/C23H19N3O2/c1-28-22-13-12-18(24-23(27)17-10-6-3-7-11-17)14-19(22)21-15-20(25-26-21)16-8-4-2-5-9-16/h2-15H,1H3,(H,24,27)(H,25,26). The van der Waals surface area contributed by atoms with Gasteiger partial charge in [0.2, 0.25) is 0 Å². The van der Waals surface area contributed by atoms with Gasteiger partial charge in [0.1, 0.15) is 5.75 Å². The number of hydrogen-bond acceptors (Lipinski definition) is 3. The first-order chi connectivity index (χ1) is 13.7. The van der Waals surface area contributed by atoms with Gasteiger partial charge in [-0.15, -0.1) is 0 Å². The number of aromatic nitrogens is 2. The number of ether oxygens (including phenoxy) is 1. The minimum absolute atomic E-state index is 0.161. The summed E-state index contributed by atoms with van der Waals surface area (Å²) in [6.07, 6.45) is 0. The average Bonchev–Trinajstić information content (AvgIpc) is 3.25. The molecular formula is C23H19N3O2. The van der Waals surface area contributed by atoms with E-state index in [0.717, 1.165) is 22.5 Å². The largest absolute Gasteiger partial charge is 0.496 e. The Morgan fingerprint density at radius 3 is 2.36 bits per heavy atom. The van der Waals surface area contributed by atoms with Crippen molar-refractivity contribution in [3.63, 3.8) is 0 Å². The molecule has 4 rings (SSSR count). The van der Waals surface area contributed by atoms with Crippen LogP contribution in [0.1, 0.15) is 10.4 Å². The molecule has 0 radical (unpaired) electrons. The second kappa shape index (κ2) is 7.80. The zero-order valence-electron chi connectivity index (χ0n) is 15.3. The zero-order chi connectivity index (χ0) is 19.3. The summed E-state index contributed by atoms with van der Waals surface area (Å²) < 4.78 is 5.50. The van der Waals surface area contributed by atoms with Gasteiger partial charge in [-0.3, -0.25) is 9.89 Å². The molecule has 0 atom stereocenters. The lowest BCUT2D eigenvalue weighted by Crippen LogP contribution is -2.11. The Morgan fingerprint density at radius 1 is 0.929 bits per heavy atom. The van der Waals surface area contributed by atoms with Crippen LogP contribution in [0.2, 0.25) is 0 Å². The molecule has 138 valence electrons. The van der Waals surface area contributed by atoms with Gasteiger partial charge in [0.25, 0.3) is 5.91 Å². The first kappa shape index (κ1) is 17.5. The molecule has 3 aromatic carbocycles. The smallest absolute Gasteiger partial charge is 0.255 e. The maximum absolute atomic E-state index is 12.4. The molecule has 0 fully saturated rings. The van der Waals surface area contributed by atoms with E-state index in [4.69, 9.17) is 4.74 Å². The van der Waals surface area contributed by atoms with Crippen LogP contribution in [0.5, 0.6) is 5.75 Å². The molecule has 5 nitrogen and oxygen atoms in total. The fourth-order valence-electron chi connectivity index (χ4n) is 3.01. The van der Waals surface area contributed by atoms with Crippen molar-refractivity contribution in [3.8, 4) is 28.3 Å². The molecule has 0 aliphatic heterocycles. The van der Waals surface area contributed by atoms with Crippen LogP contribution in [0, 0.1) is 0 Å². The third kappa shape index (κ3) is 3.64. The predicted octanol–water partition coefficient (Wildman–Crippen LogP) is 5.00. The van der Waals surface area contributed by atoms with Crippen LogP contribution in [-0.4, -0.2) is 23.2 Å². The summed E-state index contributed by atoms with van der Waals surface area (Å²) in [6.45, 7) is 0. The Morgan fingerprint density at radius 2 is 1.64 bits per heavy atom. The van der Waals surface area contributed by atoms with Gasteiger partial charge >= 0.3 is 0 Å². The number of H-pyrrole nitrogens is 1. The zero-order valence-corrected chi connectivity index (χ0v) is 15.3. The molecule has 0 spiro atoms. The van der Waals surface area contributed by atoms with Crippen LogP contribution in [0.3, 0.4) is 0 Å². The van der Waals surface area contributed by atoms with Gasteiger partial charge < -0.3 is 10.1 Å². The monoisotopic (exact) mass is 369 g/mol. The first-order valence-corrected chi connectivity index (χ1v) is 8.90. The number of aromatic amines is 1. The van der Waals surface area contributed by atoms with E-state index in [0.29, 0.717) is 17.0 Å². The van der Waals surface area contributed by atoms with Gasteiger partial charge in [-0.1, -0.05) is 48.5 Å². The highest BCUT2D eigenvalue weighted by atomic mass is 16.5. The van der Waals surface area contributed by atoms with Gasteiger partial charge in [-0.2, -0.15) is 5.10 Å². The second-order valence-electron chi connectivity index (χ2n) is 6.27. The summed E-state index contributed by atoms with van der Waals surface area (Å²) in [5, 5.41) is 10.4. The normalized spacial score (nSPS) is 10.5. The Hall–Kier alpha value is -3.86. The molecule has 0 bridgehead atoms. The molecule has 1 aromatic heterocycles. The molecule has 1 amide bonds. The number of hydrogen-bond donors (Lipinski definition) is 2. The fourth-order valence-corrected chi connectivity index (χ4v) is 3.01. The molecule has 4 aromatic rings. The average molecular weight is 369 g/mol.